The molecule has 2 aliphatic rings. The molecule has 4 rings (SSSR count). The third kappa shape index (κ3) is 5.25. The number of hydrogen-bond donors (Lipinski definition) is 0. The molecule has 1 saturated heterocycles. The minimum absolute atomic E-state index is 0.108. The van der Waals surface area contributed by atoms with Crippen molar-refractivity contribution < 1.29 is 38.1 Å². The van der Waals surface area contributed by atoms with Crippen LogP contribution >= 0.6 is 11.6 Å². The molecule has 0 bridgehead atoms. The molecule has 1 aromatic heterocycles. The first kappa shape index (κ1) is 26.8. The number of fused-ring (bicyclic) bond motifs is 3. The maximum absolute atomic E-state index is 13.0. The highest BCUT2D eigenvalue weighted by Crippen LogP contribution is 2.47. The van der Waals surface area contributed by atoms with Crippen LogP contribution in [0.25, 0.3) is 10.9 Å². The number of carbonyl (C=O) groups excluding carboxylic acids is 3. The number of ether oxygens (including phenoxy) is 5. The Morgan fingerprint density at radius 3 is 2.59 bits per heavy atom. The predicted octanol–water partition coefficient (Wildman–Crippen LogP) is 4.21. The monoisotopic (exact) mass is 534 g/mol. The molecular formula is C26H31ClN2O8. The van der Waals surface area contributed by atoms with Crippen LogP contribution in [0.2, 0.25) is 5.02 Å². The molecule has 1 spiro atoms. The van der Waals surface area contributed by atoms with Gasteiger partial charge in [0.1, 0.15) is 41.0 Å². The van der Waals surface area contributed by atoms with E-state index in [1.807, 2.05) is 0 Å². The molecule has 1 unspecified atom stereocenters. The number of hydrogen-bond acceptors (Lipinski definition) is 9. The number of esters is 2. The number of benzene rings is 1. The maximum atomic E-state index is 13.0. The lowest BCUT2D eigenvalue weighted by Gasteiger charge is -2.37. The van der Waals surface area contributed by atoms with Gasteiger partial charge in [-0.3, -0.25) is 9.69 Å². The molecule has 200 valence electrons. The molecule has 2 atom stereocenters. The van der Waals surface area contributed by atoms with Gasteiger partial charge in [-0.2, -0.15) is 0 Å². The molecule has 0 saturated carbocycles. The first-order valence-electron chi connectivity index (χ1n) is 12.0. The van der Waals surface area contributed by atoms with E-state index in [1.165, 1.54) is 26.0 Å². The average Bonchev–Trinajstić information content (AvgIpc) is 3.20. The maximum Gasteiger partial charge on any atom is 0.411 e. The van der Waals surface area contributed by atoms with Crippen molar-refractivity contribution in [1.29, 1.82) is 0 Å². The smallest absolute Gasteiger partial charge is 0.411 e. The molecule has 2 aliphatic heterocycles. The second-order valence-electron chi connectivity index (χ2n) is 10.3. The molecule has 1 aromatic carbocycles. The van der Waals surface area contributed by atoms with Crippen molar-refractivity contribution >= 4 is 40.5 Å². The lowest BCUT2D eigenvalue weighted by atomic mass is 9.87. The molecule has 10 nitrogen and oxygen atoms in total. The van der Waals surface area contributed by atoms with Gasteiger partial charge in [0.2, 0.25) is 0 Å². The Kier molecular flexibility index (Phi) is 7.16. The molecule has 37 heavy (non-hydrogen) atoms. The molecule has 1 fully saturated rings. The fourth-order valence-corrected chi connectivity index (χ4v) is 5.23. The van der Waals surface area contributed by atoms with Crippen LogP contribution in [-0.4, -0.2) is 65.9 Å². The van der Waals surface area contributed by atoms with Gasteiger partial charge in [-0.15, -0.1) is 0 Å². The fourth-order valence-electron chi connectivity index (χ4n) is 4.88. The number of pyridine rings is 1. The van der Waals surface area contributed by atoms with E-state index in [2.05, 4.69) is 4.98 Å². The van der Waals surface area contributed by atoms with Gasteiger partial charge in [0.05, 0.1) is 31.3 Å². The largest absolute Gasteiger partial charge is 0.495 e. The van der Waals surface area contributed by atoms with E-state index < -0.39 is 35.3 Å². The van der Waals surface area contributed by atoms with Crippen LogP contribution in [0.5, 0.6) is 11.5 Å². The number of nitrogens with zero attached hydrogens (tertiary/aromatic N) is 2. The molecule has 0 radical (unpaired) electrons. The van der Waals surface area contributed by atoms with Crippen LogP contribution < -0.4 is 9.47 Å². The molecule has 3 heterocycles. The molecule has 0 aliphatic carbocycles. The molecule has 2 aromatic rings. The van der Waals surface area contributed by atoms with Crippen LogP contribution in [-0.2, 0) is 36.8 Å². The van der Waals surface area contributed by atoms with Crippen molar-refractivity contribution in [2.45, 2.75) is 70.8 Å². The van der Waals surface area contributed by atoms with Gasteiger partial charge in [0.15, 0.2) is 0 Å². The van der Waals surface area contributed by atoms with Crippen molar-refractivity contribution in [1.82, 2.24) is 9.88 Å². The number of methoxy groups -OCH3 is 2. The third-order valence-corrected chi connectivity index (χ3v) is 6.84. The highest BCUT2D eigenvalue weighted by Gasteiger charge is 2.53. The number of rotatable bonds is 4. The van der Waals surface area contributed by atoms with E-state index in [-0.39, 0.29) is 19.6 Å². The predicted molar refractivity (Wildman–Crippen MR) is 134 cm³/mol. The quantitative estimate of drug-likeness (QED) is 0.420. The lowest BCUT2D eigenvalue weighted by molar-refractivity contribution is -0.146. The number of aromatic nitrogens is 1. The Morgan fingerprint density at radius 2 is 1.97 bits per heavy atom. The zero-order valence-electron chi connectivity index (χ0n) is 21.8. The molecular weight excluding hydrogens is 504 g/mol. The van der Waals surface area contributed by atoms with Gasteiger partial charge in [-0.25, -0.2) is 14.6 Å². The van der Waals surface area contributed by atoms with E-state index in [9.17, 15) is 14.4 Å². The summed E-state index contributed by atoms with van der Waals surface area (Å²) in [5, 5.41) is 1.08. The van der Waals surface area contributed by atoms with Crippen LogP contribution in [0, 0.1) is 0 Å². The molecule has 0 N–H and O–H groups in total. The van der Waals surface area contributed by atoms with Gasteiger partial charge < -0.3 is 23.7 Å². The summed E-state index contributed by atoms with van der Waals surface area (Å²) in [5.74, 6) is -0.0999. The summed E-state index contributed by atoms with van der Waals surface area (Å²) >= 11 is 6.68. The summed E-state index contributed by atoms with van der Waals surface area (Å²) in [7, 11) is 2.81. The van der Waals surface area contributed by atoms with Gasteiger partial charge >= 0.3 is 18.0 Å². The number of likely N-dealkylation sites (tertiary alicyclic amines) is 1. The zero-order chi connectivity index (χ0) is 27.1. The van der Waals surface area contributed by atoms with Gasteiger partial charge in [-0.05, 0) is 45.7 Å². The Bertz CT molecular complexity index is 1260. The summed E-state index contributed by atoms with van der Waals surface area (Å²) < 4.78 is 27.8. The van der Waals surface area contributed by atoms with E-state index in [0.29, 0.717) is 46.0 Å². The molecule has 1 amide bonds. The first-order valence-corrected chi connectivity index (χ1v) is 12.3. The van der Waals surface area contributed by atoms with Crippen LogP contribution in [0.1, 0.15) is 51.8 Å². The fraction of sp³-hybridized carbons (Fsp3) is 0.538. The van der Waals surface area contributed by atoms with Crippen molar-refractivity contribution in [3.8, 4) is 11.5 Å². The second-order valence-corrected chi connectivity index (χ2v) is 10.6. The Labute approximate surface area is 220 Å². The van der Waals surface area contributed by atoms with Crippen LogP contribution in [0.4, 0.5) is 4.79 Å². The van der Waals surface area contributed by atoms with Crippen molar-refractivity contribution in [2.75, 3.05) is 20.8 Å². The summed E-state index contributed by atoms with van der Waals surface area (Å²) in [6.45, 7) is 6.59. The van der Waals surface area contributed by atoms with Crippen molar-refractivity contribution in [3.05, 3.63) is 28.4 Å². The minimum Gasteiger partial charge on any atom is -0.495 e. The number of amides is 1. The summed E-state index contributed by atoms with van der Waals surface area (Å²) in [4.78, 5) is 43.3. The standard InChI is InChI=1S/C26H31ClN2O8/c1-14(30)35-12-17-22-15(20-16(28-17)7-8-19(33-5)21(20)27)9-10-26(36-22)11-18(23(31)34-6)29(13-26)24(32)37-25(2,3)4/h7-8,18H,9-13H2,1-6H3/t18-,26?/m0/s1. The molecule has 11 heteroatoms. The third-order valence-electron chi connectivity index (χ3n) is 6.46. The van der Waals surface area contributed by atoms with Crippen LogP contribution in [0.15, 0.2) is 12.1 Å². The summed E-state index contributed by atoms with van der Waals surface area (Å²) in [6.07, 6.45) is 0.588. The second kappa shape index (κ2) is 9.89. The summed E-state index contributed by atoms with van der Waals surface area (Å²) in [5.41, 5.74) is 0.175. The van der Waals surface area contributed by atoms with E-state index in [1.54, 1.807) is 32.9 Å². The lowest BCUT2D eigenvalue weighted by Crippen LogP contribution is -2.46. The van der Waals surface area contributed by atoms with E-state index in [0.717, 1.165) is 5.56 Å². The Morgan fingerprint density at radius 1 is 1.24 bits per heavy atom. The SMILES string of the molecule is COC(=O)[C@@H]1CC2(CCc3c(c(COC(C)=O)nc4ccc(OC)c(Cl)c34)O2)CN1C(=O)OC(C)(C)C. The Balaban J connectivity index is 1.78. The van der Waals surface area contributed by atoms with Gasteiger partial charge in [0, 0.05) is 24.3 Å². The number of carbonyl (C=O) groups is 3. The van der Waals surface area contributed by atoms with Crippen LogP contribution in [0.3, 0.4) is 0 Å². The Hall–Kier alpha value is -3.27. The van der Waals surface area contributed by atoms with E-state index >= 15 is 0 Å². The number of halogens is 1. The topological polar surface area (TPSA) is 113 Å². The highest BCUT2D eigenvalue weighted by molar-refractivity contribution is 6.37. The normalized spacial score (nSPS) is 20.8. The van der Waals surface area contributed by atoms with Gasteiger partial charge in [-0.1, -0.05) is 11.6 Å². The number of aryl methyl sites for hydroxylation is 1. The first-order chi connectivity index (χ1) is 17.4. The highest BCUT2D eigenvalue weighted by atomic mass is 35.5. The van der Waals surface area contributed by atoms with Gasteiger partial charge in [0.25, 0.3) is 0 Å². The zero-order valence-corrected chi connectivity index (χ0v) is 22.6. The van der Waals surface area contributed by atoms with Crippen molar-refractivity contribution in [3.63, 3.8) is 0 Å². The van der Waals surface area contributed by atoms with E-state index in [4.69, 9.17) is 35.3 Å². The average molecular weight is 535 g/mol. The minimum atomic E-state index is -0.908. The van der Waals surface area contributed by atoms with Crippen molar-refractivity contribution in [2.24, 2.45) is 0 Å². The summed E-state index contributed by atoms with van der Waals surface area (Å²) in [6, 6.07) is 2.63.